The first-order valence-electron chi connectivity index (χ1n) is 8.21. The predicted molar refractivity (Wildman–Crippen MR) is 94.4 cm³/mol. The molecule has 0 spiro atoms. The Balaban J connectivity index is 1.39. The van der Waals surface area contributed by atoms with Crippen LogP contribution < -0.4 is 10.6 Å². The van der Waals surface area contributed by atoms with Crippen molar-refractivity contribution in [3.8, 4) is 0 Å². The fourth-order valence-electron chi connectivity index (χ4n) is 2.88. The van der Waals surface area contributed by atoms with Gasteiger partial charge in [-0.15, -0.1) is 11.3 Å². The Morgan fingerprint density at radius 3 is 2.67 bits per heavy atom. The number of nitrogens with one attached hydrogen (secondary N) is 2. The average molecular weight is 341 g/mol. The molecular formula is C18H19N3O2S. The molecule has 1 aliphatic heterocycles. The third-order valence-corrected chi connectivity index (χ3v) is 5.42. The number of nitrogens with zero attached hydrogens (tertiary/aromatic N) is 1. The first kappa shape index (κ1) is 15.2. The molecule has 3 amide bonds. The molecule has 4 rings (SSSR count). The number of thiophene rings is 1. The van der Waals surface area contributed by atoms with Crippen LogP contribution in [0.1, 0.15) is 33.6 Å². The van der Waals surface area contributed by atoms with Crippen molar-refractivity contribution in [3.05, 3.63) is 51.7 Å². The van der Waals surface area contributed by atoms with Crippen LogP contribution in [0, 0.1) is 0 Å². The van der Waals surface area contributed by atoms with Crippen LogP contribution in [0.25, 0.3) is 0 Å². The van der Waals surface area contributed by atoms with Gasteiger partial charge in [0.2, 0.25) is 0 Å². The summed E-state index contributed by atoms with van der Waals surface area (Å²) in [5, 5.41) is 7.76. The van der Waals surface area contributed by atoms with E-state index in [4.69, 9.17) is 0 Å². The van der Waals surface area contributed by atoms with Crippen molar-refractivity contribution in [1.29, 1.82) is 0 Å². The molecule has 2 aliphatic rings. The van der Waals surface area contributed by atoms with Crippen LogP contribution in [0.5, 0.6) is 0 Å². The van der Waals surface area contributed by atoms with E-state index in [0.717, 1.165) is 25.8 Å². The molecule has 0 unspecified atom stereocenters. The van der Waals surface area contributed by atoms with Crippen molar-refractivity contribution in [1.82, 2.24) is 10.2 Å². The van der Waals surface area contributed by atoms with E-state index < -0.39 is 0 Å². The number of hydrogen-bond donors (Lipinski definition) is 2. The molecule has 1 fully saturated rings. The van der Waals surface area contributed by atoms with E-state index in [9.17, 15) is 9.59 Å². The monoisotopic (exact) mass is 341 g/mol. The number of fused-ring (bicyclic) bond motifs is 1. The summed E-state index contributed by atoms with van der Waals surface area (Å²) in [6.45, 7) is 1.44. The molecule has 0 atom stereocenters. The minimum Gasteiger partial charge on any atom is -0.335 e. The topological polar surface area (TPSA) is 61.4 Å². The summed E-state index contributed by atoms with van der Waals surface area (Å²) in [5.41, 5.74) is 2.61. The molecule has 1 aromatic heterocycles. The molecule has 6 heteroatoms. The van der Waals surface area contributed by atoms with Crippen LogP contribution in [0.4, 0.5) is 10.5 Å². The van der Waals surface area contributed by atoms with Crippen LogP contribution in [-0.2, 0) is 13.0 Å². The maximum absolute atomic E-state index is 12.6. The molecule has 2 heterocycles. The molecule has 2 N–H and O–H groups in total. The van der Waals surface area contributed by atoms with Gasteiger partial charge in [-0.05, 0) is 60.5 Å². The number of amides is 3. The molecule has 124 valence electrons. The fraction of sp³-hybridized carbons (Fsp3) is 0.333. The summed E-state index contributed by atoms with van der Waals surface area (Å²) in [6.07, 6.45) is 3.05. The molecule has 24 heavy (non-hydrogen) atoms. The summed E-state index contributed by atoms with van der Waals surface area (Å²) >= 11 is 1.77. The lowest BCUT2D eigenvalue weighted by Crippen LogP contribution is -2.35. The van der Waals surface area contributed by atoms with Gasteiger partial charge < -0.3 is 15.5 Å². The Morgan fingerprint density at radius 1 is 1.12 bits per heavy atom. The van der Waals surface area contributed by atoms with E-state index in [-0.39, 0.29) is 11.9 Å². The van der Waals surface area contributed by atoms with Gasteiger partial charge in [0.15, 0.2) is 0 Å². The number of hydrogen-bond acceptors (Lipinski definition) is 3. The molecule has 0 saturated heterocycles. The van der Waals surface area contributed by atoms with Gasteiger partial charge >= 0.3 is 6.03 Å². The Morgan fingerprint density at radius 2 is 1.92 bits per heavy atom. The summed E-state index contributed by atoms with van der Waals surface area (Å²) < 4.78 is 0. The number of urea groups is 1. The predicted octanol–water partition coefficient (Wildman–Crippen LogP) is 3.23. The lowest BCUT2D eigenvalue weighted by Gasteiger charge is -2.27. The second-order valence-electron chi connectivity index (χ2n) is 6.30. The number of rotatable bonds is 3. The number of anilines is 1. The minimum absolute atomic E-state index is 0.0424. The molecule has 0 radical (unpaired) electrons. The van der Waals surface area contributed by atoms with Crippen molar-refractivity contribution < 1.29 is 9.59 Å². The minimum atomic E-state index is -0.183. The smallest absolute Gasteiger partial charge is 0.319 e. The van der Waals surface area contributed by atoms with E-state index in [0.29, 0.717) is 23.8 Å². The van der Waals surface area contributed by atoms with E-state index in [1.165, 1.54) is 10.4 Å². The van der Waals surface area contributed by atoms with Gasteiger partial charge in [-0.1, -0.05) is 0 Å². The van der Waals surface area contributed by atoms with Crippen LogP contribution >= 0.6 is 11.3 Å². The molecule has 1 aliphatic carbocycles. The van der Waals surface area contributed by atoms with Crippen molar-refractivity contribution >= 4 is 29.0 Å². The molecule has 5 nitrogen and oxygen atoms in total. The second-order valence-corrected chi connectivity index (χ2v) is 7.30. The third kappa shape index (κ3) is 3.28. The van der Waals surface area contributed by atoms with Crippen LogP contribution in [-0.4, -0.2) is 29.4 Å². The highest BCUT2D eigenvalue weighted by Gasteiger charge is 2.24. The Labute approximate surface area is 144 Å². The van der Waals surface area contributed by atoms with Crippen LogP contribution in [0.2, 0.25) is 0 Å². The average Bonchev–Trinajstić information content (AvgIpc) is 3.27. The third-order valence-electron chi connectivity index (χ3n) is 4.40. The Bertz CT molecular complexity index is 765. The molecule has 2 aromatic rings. The van der Waals surface area contributed by atoms with Gasteiger partial charge in [-0.3, -0.25) is 4.79 Å². The quantitative estimate of drug-likeness (QED) is 0.900. The largest absolute Gasteiger partial charge is 0.335 e. The van der Waals surface area contributed by atoms with Crippen molar-refractivity contribution in [2.75, 3.05) is 11.9 Å². The maximum Gasteiger partial charge on any atom is 0.319 e. The standard InChI is InChI=1S/C18H19N3O2S/c22-17(21-9-7-16-13(11-21)8-10-24-16)12-1-3-14(4-2-12)19-18(23)20-15-5-6-15/h1-4,8,10,15H,5-7,9,11H2,(H2,19,20,23). The van der Waals surface area contributed by atoms with Crippen LogP contribution in [0.15, 0.2) is 35.7 Å². The van der Waals surface area contributed by atoms with Crippen molar-refractivity contribution in [2.45, 2.75) is 31.8 Å². The number of benzene rings is 1. The highest BCUT2D eigenvalue weighted by Crippen LogP contribution is 2.25. The molecule has 1 saturated carbocycles. The van der Waals surface area contributed by atoms with E-state index >= 15 is 0 Å². The first-order chi connectivity index (χ1) is 11.7. The zero-order valence-corrected chi connectivity index (χ0v) is 14.1. The summed E-state index contributed by atoms with van der Waals surface area (Å²) in [7, 11) is 0. The van der Waals surface area contributed by atoms with E-state index in [1.54, 1.807) is 35.6 Å². The van der Waals surface area contributed by atoms with Gasteiger partial charge in [-0.2, -0.15) is 0 Å². The summed E-state index contributed by atoms with van der Waals surface area (Å²) in [6, 6.07) is 9.35. The van der Waals surface area contributed by atoms with Crippen molar-refractivity contribution in [3.63, 3.8) is 0 Å². The van der Waals surface area contributed by atoms with Gasteiger partial charge in [0.25, 0.3) is 5.91 Å². The number of carbonyl (C=O) groups excluding carboxylic acids is 2. The zero-order chi connectivity index (χ0) is 16.5. The van der Waals surface area contributed by atoms with E-state index in [2.05, 4.69) is 22.1 Å². The lowest BCUT2D eigenvalue weighted by atomic mass is 10.1. The normalized spacial score (nSPS) is 16.4. The van der Waals surface area contributed by atoms with Gasteiger partial charge in [0.05, 0.1) is 0 Å². The summed E-state index contributed by atoms with van der Waals surface area (Å²) in [5.74, 6) is 0.0424. The summed E-state index contributed by atoms with van der Waals surface area (Å²) in [4.78, 5) is 27.6. The SMILES string of the molecule is O=C(Nc1ccc(C(=O)N2CCc3sccc3C2)cc1)NC1CC1. The molecular weight excluding hydrogens is 322 g/mol. The Kier molecular flexibility index (Phi) is 3.98. The lowest BCUT2D eigenvalue weighted by molar-refractivity contribution is 0.0736. The first-order valence-corrected chi connectivity index (χ1v) is 9.09. The zero-order valence-electron chi connectivity index (χ0n) is 13.2. The molecule has 0 bridgehead atoms. The van der Waals surface area contributed by atoms with Gasteiger partial charge in [0.1, 0.15) is 0 Å². The Hall–Kier alpha value is -2.34. The maximum atomic E-state index is 12.6. The van der Waals surface area contributed by atoms with Gasteiger partial charge in [0, 0.05) is 35.3 Å². The number of carbonyl (C=O) groups is 2. The van der Waals surface area contributed by atoms with E-state index in [1.807, 2.05) is 4.90 Å². The molecule has 1 aromatic carbocycles. The van der Waals surface area contributed by atoms with Crippen molar-refractivity contribution in [2.24, 2.45) is 0 Å². The fourth-order valence-corrected chi connectivity index (χ4v) is 3.77. The highest BCUT2D eigenvalue weighted by atomic mass is 32.1. The van der Waals surface area contributed by atoms with Gasteiger partial charge in [-0.25, -0.2) is 4.79 Å². The highest BCUT2D eigenvalue weighted by molar-refractivity contribution is 7.10. The van der Waals surface area contributed by atoms with Crippen LogP contribution in [0.3, 0.4) is 0 Å². The second kappa shape index (κ2) is 6.28.